The highest BCUT2D eigenvalue weighted by Crippen LogP contribution is 2.47. The molecule has 19 heavy (non-hydrogen) atoms. The van der Waals surface area contributed by atoms with Gasteiger partial charge in [0.15, 0.2) is 11.3 Å². The molecular formula is C9H11BClN3O5. The molecule has 1 N–H and O–H groups in total. The summed E-state index contributed by atoms with van der Waals surface area (Å²) in [7, 11) is 3.03. The molecular weight excluding hydrogens is 276 g/mol. The molecule has 0 saturated carbocycles. The topological polar surface area (TPSA) is 106 Å². The monoisotopic (exact) mass is 287 g/mol. The molecule has 0 radical (unpaired) electrons. The molecule has 2 rings (SSSR count). The first-order valence-corrected chi connectivity index (χ1v) is 5.80. The Hall–Kier alpha value is -0.975. The second-order valence-corrected chi connectivity index (χ2v) is 4.31. The van der Waals surface area contributed by atoms with Crippen LogP contribution in [-0.2, 0) is 18.9 Å². The molecule has 10 heteroatoms. The molecule has 2 fully saturated rings. The molecule has 0 aromatic rings. The van der Waals surface area contributed by atoms with Crippen molar-refractivity contribution in [2.24, 2.45) is 5.11 Å². The summed E-state index contributed by atoms with van der Waals surface area (Å²) in [5.74, 6) is 2.65. The van der Waals surface area contributed by atoms with Gasteiger partial charge in [-0.1, -0.05) is 5.11 Å². The minimum Gasteiger partial charge on any atom is -0.393 e. The summed E-state index contributed by atoms with van der Waals surface area (Å²) >= 11 is 5.45. The Morgan fingerprint density at radius 1 is 1.63 bits per heavy atom. The highest BCUT2D eigenvalue weighted by molar-refractivity contribution is 6.30. The van der Waals surface area contributed by atoms with Gasteiger partial charge in [0.1, 0.15) is 14.0 Å². The van der Waals surface area contributed by atoms with Crippen molar-refractivity contribution >= 4 is 19.4 Å². The first kappa shape index (κ1) is 14.4. The maximum absolute atomic E-state index is 9.51. The van der Waals surface area contributed by atoms with Crippen molar-refractivity contribution in [1.82, 2.24) is 0 Å². The van der Waals surface area contributed by atoms with Crippen LogP contribution in [0.15, 0.2) is 5.11 Å². The van der Waals surface area contributed by atoms with Gasteiger partial charge in [-0.2, -0.15) is 0 Å². The van der Waals surface area contributed by atoms with Crippen LogP contribution in [0.2, 0.25) is 0 Å². The Morgan fingerprint density at radius 2 is 2.37 bits per heavy atom. The Bertz CT molecular complexity index is 478. The average molecular weight is 287 g/mol. The van der Waals surface area contributed by atoms with Crippen LogP contribution in [0, 0.1) is 11.3 Å². The second-order valence-electron chi connectivity index (χ2n) is 4.12. The van der Waals surface area contributed by atoms with Crippen molar-refractivity contribution < 1.29 is 24.1 Å². The van der Waals surface area contributed by atoms with E-state index in [9.17, 15) is 5.11 Å². The zero-order valence-electron chi connectivity index (χ0n) is 10.2. The molecule has 2 aliphatic rings. The summed E-state index contributed by atoms with van der Waals surface area (Å²) in [6.45, 7) is -1.59. The summed E-state index contributed by atoms with van der Waals surface area (Å²) in [4.78, 5) is 2.68. The van der Waals surface area contributed by atoms with Gasteiger partial charge in [-0.3, -0.25) is 0 Å². The molecule has 0 amide bonds. The predicted octanol–water partition coefficient (Wildman–Crippen LogP) is -0.741. The van der Waals surface area contributed by atoms with Gasteiger partial charge in [-0.15, -0.1) is 0 Å². The molecule has 0 aromatic carbocycles. The summed E-state index contributed by atoms with van der Waals surface area (Å²) in [6.07, 6.45) is -0.952. The smallest absolute Gasteiger partial charge is 0.273 e. The van der Waals surface area contributed by atoms with Crippen LogP contribution in [0.4, 0.5) is 0 Å². The molecule has 0 aromatic heterocycles. The van der Waals surface area contributed by atoms with Gasteiger partial charge >= 0.3 is 0 Å². The van der Waals surface area contributed by atoms with E-state index in [1.165, 1.54) is 7.11 Å². The quantitative estimate of drug-likeness (QED) is 0.242. The molecule has 0 spiro atoms. The maximum atomic E-state index is 9.51. The molecule has 0 bridgehead atoms. The van der Waals surface area contributed by atoms with E-state index in [1.54, 1.807) is 7.85 Å². The van der Waals surface area contributed by atoms with E-state index in [-0.39, 0.29) is 0 Å². The van der Waals surface area contributed by atoms with Crippen LogP contribution in [-0.4, -0.2) is 56.6 Å². The van der Waals surface area contributed by atoms with E-state index >= 15 is 0 Å². The van der Waals surface area contributed by atoms with E-state index in [0.717, 1.165) is 0 Å². The van der Waals surface area contributed by atoms with E-state index < -0.39 is 36.5 Å². The number of rotatable bonds is 3. The first-order chi connectivity index (χ1) is 9.08. The van der Waals surface area contributed by atoms with Crippen molar-refractivity contribution in [2.75, 3.05) is 13.7 Å². The minimum absolute atomic E-state index is 0.586. The third kappa shape index (κ3) is 1.98. The lowest BCUT2D eigenvalue weighted by molar-refractivity contribution is -0.263. The molecule has 2 unspecified atom stereocenters. The highest BCUT2D eigenvalue weighted by atomic mass is 35.5. The SMILES string of the molecule is B[C@@H]1O[C@@](CO)(N=[N+]=[N-])C2OC(OC)O[C@]21C#CCl. The Kier molecular flexibility index (Phi) is 3.94. The Balaban J connectivity index is 2.50. The summed E-state index contributed by atoms with van der Waals surface area (Å²) in [5.41, 5.74) is 5.76. The van der Waals surface area contributed by atoms with Gasteiger partial charge in [-0.05, 0) is 23.1 Å². The predicted molar refractivity (Wildman–Crippen MR) is 65.5 cm³/mol. The summed E-state index contributed by atoms with van der Waals surface area (Å²) in [5, 5.41) is 15.2. The fourth-order valence-corrected chi connectivity index (χ4v) is 2.49. The number of azide groups is 1. The van der Waals surface area contributed by atoms with Crippen LogP contribution < -0.4 is 0 Å². The van der Waals surface area contributed by atoms with Gasteiger partial charge in [0.05, 0.1) is 12.6 Å². The van der Waals surface area contributed by atoms with Crippen molar-refractivity contribution in [2.45, 2.75) is 29.9 Å². The molecule has 2 heterocycles. The number of hydrogen-bond donors (Lipinski definition) is 1. The lowest BCUT2D eigenvalue weighted by atomic mass is 9.80. The minimum atomic E-state index is -1.62. The first-order valence-electron chi connectivity index (χ1n) is 5.42. The fraction of sp³-hybridized carbons (Fsp3) is 0.778. The molecule has 8 nitrogen and oxygen atoms in total. The van der Waals surface area contributed by atoms with Gasteiger partial charge in [0, 0.05) is 17.4 Å². The van der Waals surface area contributed by atoms with Crippen molar-refractivity contribution in [3.8, 4) is 11.3 Å². The largest absolute Gasteiger partial charge is 0.393 e. The fourth-order valence-electron chi connectivity index (χ4n) is 2.34. The van der Waals surface area contributed by atoms with Crippen LogP contribution in [0.5, 0.6) is 0 Å². The van der Waals surface area contributed by atoms with Gasteiger partial charge in [0.2, 0.25) is 0 Å². The van der Waals surface area contributed by atoms with E-state index in [0.29, 0.717) is 0 Å². The van der Waals surface area contributed by atoms with Gasteiger partial charge in [-0.25, -0.2) is 0 Å². The summed E-state index contributed by atoms with van der Waals surface area (Å²) in [6, 6.07) is -0.637. The van der Waals surface area contributed by atoms with E-state index in [4.69, 9.17) is 36.1 Å². The number of methoxy groups -OCH3 is 1. The van der Waals surface area contributed by atoms with Crippen LogP contribution >= 0.6 is 11.6 Å². The van der Waals surface area contributed by atoms with Crippen LogP contribution in [0.25, 0.3) is 10.4 Å². The second kappa shape index (κ2) is 5.19. The average Bonchev–Trinajstić information content (AvgIpc) is 2.87. The molecule has 102 valence electrons. The highest BCUT2D eigenvalue weighted by Gasteiger charge is 2.68. The number of nitrogens with zero attached hydrogens (tertiary/aromatic N) is 3. The summed E-state index contributed by atoms with van der Waals surface area (Å²) < 4.78 is 21.5. The Labute approximate surface area is 114 Å². The third-order valence-electron chi connectivity index (χ3n) is 3.20. The number of aliphatic hydroxyl groups is 1. The van der Waals surface area contributed by atoms with E-state index in [2.05, 4.69) is 21.3 Å². The zero-order valence-corrected chi connectivity index (χ0v) is 11.0. The number of fused-ring (bicyclic) bond motifs is 1. The van der Waals surface area contributed by atoms with Crippen molar-refractivity contribution in [1.29, 1.82) is 0 Å². The number of ether oxygens (including phenoxy) is 4. The standard InChI is InChI=1S/C9H11BClN3O5/c1-16-7-17-5-8(19-7,2-3-11)6(10)18-9(5,4-15)13-14-12/h5-7,15H,4,10H2,1H3/t5?,6-,7?,8-,9-/m1/s1. The lowest BCUT2D eigenvalue weighted by Crippen LogP contribution is -2.49. The molecule has 5 atom stereocenters. The molecule has 2 aliphatic heterocycles. The van der Waals surface area contributed by atoms with Gasteiger partial charge < -0.3 is 24.1 Å². The maximum Gasteiger partial charge on any atom is 0.273 e. The zero-order chi connectivity index (χ0) is 14.1. The third-order valence-corrected chi connectivity index (χ3v) is 3.29. The Morgan fingerprint density at radius 3 is 2.89 bits per heavy atom. The van der Waals surface area contributed by atoms with E-state index in [1.807, 2.05) is 0 Å². The molecule has 0 aliphatic carbocycles. The normalized spacial score (nSPS) is 44.1. The van der Waals surface area contributed by atoms with Gasteiger partial charge in [0.25, 0.3) is 6.48 Å². The molecule has 2 saturated heterocycles. The van der Waals surface area contributed by atoms with Crippen LogP contribution in [0.1, 0.15) is 0 Å². The van der Waals surface area contributed by atoms with Crippen molar-refractivity contribution in [3.05, 3.63) is 10.4 Å². The number of halogens is 1. The van der Waals surface area contributed by atoms with Crippen LogP contribution in [0.3, 0.4) is 0 Å². The van der Waals surface area contributed by atoms with Crippen molar-refractivity contribution in [3.63, 3.8) is 0 Å². The lowest BCUT2D eigenvalue weighted by Gasteiger charge is -2.26. The number of hydrogen-bond acceptors (Lipinski definition) is 6. The number of aliphatic hydroxyl groups excluding tert-OH is 1.